The van der Waals surface area contributed by atoms with E-state index in [0.717, 1.165) is 63.1 Å². The van der Waals surface area contributed by atoms with Crippen molar-refractivity contribution in [2.45, 2.75) is 19.9 Å². The summed E-state index contributed by atoms with van der Waals surface area (Å²) in [6.07, 6.45) is 2.59. The summed E-state index contributed by atoms with van der Waals surface area (Å²) in [5.74, 6) is 0.448. The first-order valence-corrected chi connectivity index (χ1v) is 15.2. The van der Waals surface area contributed by atoms with Crippen LogP contribution >= 0.6 is 0 Å². The topological polar surface area (TPSA) is 100 Å². The summed E-state index contributed by atoms with van der Waals surface area (Å²) in [5.41, 5.74) is 8.62. The molecule has 0 saturated heterocycles. The molecule has 9 heteroatoms. The highest BCUT2D eigenvalue weighted by atomic mass is 16.6. The Hall–Kier alpha value is -5.28. The zero-order chi connectivity index (χ0) is 31.2. The molecule has 0 unspecified atom stereocenters. The van der Waals surface area contributed by atoms with Crippen LogP contribution in [-0.4, -0.2) is 70.1 Å². The van der Waals surface area contributed by atoms with Crippen molar-refractivity contribution in [2.24, 2.45) is 4.99 Å². The van der Waals surface area contributed by atoms with Crippen LogP contribution in [0.3, 0.4) is 0 Å². The van der Waals surface area contributed by atoms with Gasteiger partial charge in [0, 0.05) is 25.2 Å². The number of aromatic nitrogens is 4. The first-order chi connectivity index (χ1) is 22.0. The minimum atomic E-state index is -0.437. The van der Waals surface area contributed by atoms with Crippen molar-refractivity contribution in [1.82, 2.24) is 29.7 Å². The molecule has 0 fully saturated rings. The Kier molecular flexibility index (Phi) is 8.98. The summed E-state index contributed by atoms with van der Waals surface area (Å²) in [6.45, 7) is 4.64. The van der Waals surface area contributed by atoms with Crippen LogP contribution < -0.4 is 5.32 Å². The van der Waals surface area contributed by atoms with Gasteiger partial charge in [-0.1, -0.05) is 54.6 Å². The van der Waals surface area contributed by atoms with Crippen LogP contribution in [0.25, 0.3) is 44.6 Å². The van der Waals surface area contributed by atoms with E-state index in [4.69, 9.17) is 9.72 Å². The van der Waals surface area contributed by atoms with Gasteiger partial charge in [0.05, 0.1) is 34.0 Å². The molecule has 0 bridgehead atoms. The lowest BCUT2D eigenvalue weighted by Crippen LogP contribution is -2.29. The SMILES string of the molecule is CCNC(=NCCCN(C)C)OC(=O)c1ccc(Cn2c(-c3ccccc3)nc3cc(-c4ccc5nc[nH]c5c4)ccc32)cc1. The van der Waals surface area contributed by atoms with Crippen LogP contribution in [0.15, 0.2) is 102 Å². The molecule has 2 heterocycles. The summed E-state index contributed by atoms with van der Waals surface area (Å²) < 4.78 is 7.82. The van der Waals surface area contributed by atoms with Gasteiger partial charge in [-0.15, -0.1) is 0 Å². The van der Waals surface area contributed by atoms with Gasteiger partial charge in [-0.05, 0) is 87.1 Å². The third-order valence-electron chi connectivity index (χ3n) is 7.60. The fourth-order valence-electron chi connectivity index (χ4n) is 5.31. The maximum atomic E-state index is 12.9. The van der Waals surface area contributed by atoms with Crippen molar-refractivity contribution in [3.05, 3.63) is 108 Å². The quantitative estimate of drug-likeness (QED) is 0.0822. The molecule has 0 saturated carbocycles. The van der Waals surface area contributed by atoms with Crippen molar-refractivity contribution in [3.63, 3.8) is 0 Å². The third-order valence-corrected chi connectivity index (χ3v) is 7.60. The van der Waals surface area contributed by atoms with E-state index in [-0.39, 0.29) is 6.02 Å². The van der Waals surface area contributed by atoms with Gasteiger partial charge in [0.2, 0.25) is 0 Å². The van der Waals surface area contributed by atoms with Crippen LogP contribution in [0, 0.1) is 0 Å². The second-order valence-electron chi connectivity index (χ2n) is 11.2. The zero-order valence-electron chi connectivity index (χ0n) is 25.8. The summed E-state index contributed by atoms with van der Waals surface area (Å²) in [7, 11) is 4.05. The predicted molar refractivity (Wildman–Crippen MR) is 180 cm³/mol. The monoisotopic (exact) mass is 599 g/mol. The van der Waals surface area contributed by atoms with Gasteiger partial charge in [0.25, 0.3) is 6.02 Å². The maximum absolute atomic E-state index is 12.9. The largest absolute Gasteiger partial charge is 0.389 e. The number of rotatable bonds is 10. The number of fused-ring (bicyclic) bond motifs is 2. The Labute approximate surface area is 262 Å². The Balaban J connectivity index is 1.25. The summed E-state index contributed by atoms with van der Waals surface area (Å²) in [6, 6.07) is 30.6. The molecule has 4 aromatic carbocycles. The predicted octanol–water partition coefficient (Wildman–Crippen LogP) is 6.37. The Morgan fingerprint density at radius 3 is 2.49 bits per heavy atom. The third kappa shape index (κ3) is 6.94. The van der Waals surface area contributed by atoms with Gasteiger partial charge in [-0.25, -0.2) is 19.8 Å². The average Bonchev–Trinajstić information content (AvgIpc) is 3.68. The van der Waals surface area contributed by atoms with E-state index in [9.17, 15) is 4.79 Å². The first kappa shape index (κ1) is 29.8. The lowest BCUT2D eigenvalue weighted by Gasteiger charge is -2.12. The van der Waals surface area contributed by atoms with Crippen molar-refractivity contribution in [3.8, 4) is 22.5 Å². The number of carbonyl (C=O) groups excluding carboxylic acids is 1. The zero-order valence-corrected chi connectivity index (χ0v) is 25.8. The van der Waals surface area contributed by atoms with Crippen LogP contribution in [0.4, 0.5) is 0 Å². The molecule has 0 amide bonds. The van der Waals surface area contributed by atoms with Gasteiger partial charge in [0.1, 0.15) is 5.82 Å². The highest BCUT2D eigenvalue weighted by molar-refractivity contribution is 5.97. The summed E-state index contributed by atoms with van der Waals surface area (Å²) >= 11 is 0. The van der Waals surface area contributed by atoms with Crippen molar-refractivity contribution >= 4 is 34.1 Å². The number of aromatic amines is 1. The number of hydrogen-bond acceptors (Lipinski definition) is 6. The molecule has 6 aromatic rings. The number of carbonyl (C=O) groups is 1. The van der Waals surface area contributed by atoms with Gasteiger partial charge in [-0.3, -0.25) is 0 Å². The van der Waals surface area contributed by atoms with Crippen molar-refractivity contribution < 1.29 is 9.53 Å². The number of hydrogen-bond donors (Lipinski definition) is 2. The molecule has 2 aromatic heterocycles. The standard InChI is InChI=1S/C36H37N7O2/c1-4-37-36(38-19-8-20-42(2)3)45-35(44)27-13-11-25(12-14-27)23-43-33-18-16-29(28-15-17-30-31(21-28)40-24-39-30)22-32(33)41-34(43)26-9-6-5-7-10-26/h5-7,9-18,21-22,24H,4,8,19-20,23H2,1-3H3,(H,37,38)(H,39,40). The molecule has 0 aliphatic carbocycles. The van der Waals surface area contributed by atoms with Crippen LogP contribution in [0.2, 0.25) is 0 Å². The normalized spacial score (nSPS) is 11.9. The number of benzene rings is 4. The number of esters is 1. The second-order valence-corrected chi connectivity index (χ2v) is 11.2. The fraction of sp³-hybridized carbons (Fsp3) is 0.222. The Morgan fingerprint density at radius 1 is 0.933 bits per heavy atom. The van der Waals surface area contributed by atoms with Gasteiger partial charge >= 0.3 is 5.97 Å². The van der Waals surface area contributed by atoms with E-state index < -0.39 is 5.97 Å². The van der Waals surface area contributed by atoms with Gasteiger partial charge in [0.15, 0.2) is 0 Å². The van der Waals surface area contributed by atoms with Crippen LogP contribution in [0.5, 0.6) is 0 Å². The lowest BCUT2D eigenvalue weighted by atomic mass is 10.0. The number of nitrogens with one attached hydrogen (secondary N) is 2. The molecule has 9 nitrogen and oxygen atoms in total. The molecule has 228 valence electrons. The fourth-order valence-corrected chi connectivity index (χ4v) is 5.31. The molecule has 6 rings (SSSR count). The smallest absolute Gasteiger partial charge is 0.345 e. The maximum Gasteiger partial charge on any atom is 0.345 e. The van der Waals surface area contributed by atoms with E-state index in [2.05, 4.69) is 72.2 Å². The first-order valence-electron chi connectivity index (χ1n) is 15.2. The average molecular weight is 600 g/mol. The highest BCUT2D eigenvalue weighted by Gasteiger charge is 2.16. The number of H-pyrrole nitrogens is 1. The molecular formula is C36H37N7O2. The number of amidine groups is 1. The molecule has 0 aliphatic heterocycles. The summed E-state index contributed by atoms with van der Waals surface area (Å²) in [5, 5.41) is 3.05. The Morgan fingerprint density at radius 2 is 1.71 bits per heavy atom. The molecule has 0 atom stereocenters. The molecule has 0 radical (unpaired) electrons. The van der Waals surface area contributed by atoms with Crippen LogP contribution in [0.1, 0.15) is 29.3 Å². The van der Waals surface area contributed by atoms with Crippen LogP contribution in [-0.2, 0) is 11.3 Å². The minimum absolute atomic E-state index is 0.256. The van der Waals surface area contributed by atoms with E-state index in [0.29, 0.717) is 25.2 Å². The minimum Gasteiger partial charge on any atom is -0.389 e. The molecule has 0 spiro atoms. The van der Waals surface area contributed by atoms with Gasteiger partial charge < -0.3 is 24.5 Å². The van der Waals surface area contributed by atoms with E-state index in [1.807, 2.05) is 57.4 Å². The number of aliphatic imine (C=N–C) groups is 1. The van der Waals surface area contributed by atoms with Crippen molar-refractivity contribution in [1.29, 1.82) is 0 Å². The van der Waals surface area contributed by atoms with Gasteiger partial charge in [-0.2, -0.15) is 0 Å². The second kappa shape index (κ2) is 13.6. The molecule has 2 N–H and O–H groups in total. The highest BCUT2D eigenvalue weighted by Crippen LogP contribution is 2.30. The van der Waals surface area contributed by atoms with E-state index in [1.54, 1.807) is 18.5 Å². The Bertz CT molecular complexity index is 1940. The number of ether oxygens (including phenoxy) is 1. The molecule has 0 aliphatic rings. The molecular weight excluding hydrogens is 562 g/mol. The van der Waals surface area contributed by atoms with Crippen molar-refractivity contribution in [2.75, 3.05) is 33.7 Å². The number of nitrogens with zero attached hydrogens (tertiary/aromatic N) is 5. The molecule has 45 heavy (non-hydrogen) atoms. The summed E-state index contributed by atoms with van der Waals surface area (Å²) in [4.78, 5) is 32.1. The van der Waals surface area contributed by atoms with E-state index in [1.165, 1.54) is 0 Å². The lowest BCUT2D eigenvalue weighted by molar-refractivity contribution is 0.0707. The number of imidazole rings is 2. The van der Waals surface area contributed by atoms with E-state index >= 15 is 0 Å².